The van der Waals surface area contributed by atoms with E-state index in [1.807, 2.05) is 63.3 Å². The lowest BCUT2D eigenvalue weighted by Gasteiger charge is -2.40. The van der Waals surface area contributed by atoms with Crippen molar-refractivity contribution in [1.29, 1.82) is 0 Å². The van der Waals surface area contributed by atoms with Crippen LogP contribution in [0.1, 0.15) is 52.9 Å². The molecule has 4 aliphatic rings. The number of carboxylic acids is 1. The number of Topliss-reactive ketones (excluding diaryl/α,β-unsaturated/α-hetero) is 2. The minimum atomic E-state index is -1.56. The monoisotopic (exact) mass is 570 g/mol. The summed E-state index contributed by atoms with van der Waals surface area (Å²) in [4.78, 5) is 51.6. The fourth-order valence-electron chi connectivity index (χ4n) is 6.40. The van der Waals surface area contributed by atoms with Gasteiger partial charge in [0.1, 0.15) is 5.57 Å². The first kappa shape index (κ1) is 30.1. The largest absolute Gasteiger partial charge is 0.507 e. The fourth-order valence-corrected chi connectivity index (χ4v) is 8.12. The molecule has 2 heterocycles. The number of aliphatic hydroxyl groups is 2. The number of carbonyl (C=O) groups is 4. The Morgan fingerprint density at radius 3 is 2.38 bits per heavy atom. The maximum Gasteiger partial charge on any atom is 0.373 e. The van der Waals surface area contributed by atoms with Gasteiger partial charge in [-0.25, -0.2) is 9.59 Å². The average Bonchev–Trinajstić information content (AvgIpc) is 3.44. The highest BCUT2D eigenvalue weighted by molar-refractivity contribution is 8.01. The molecule has 0 aromatic heterocycles. The highest BCUT2D eigenvalue weighted by atomic mass is 32.2. The van der Waals surface area contributed by atoms with Crippen LogP contribution in [0, 0.1) is 29.6 Å². The molecule has 2 aliphatic heterocycles. The van der Waals surface area contributed by atoms with Gasteiger partial charge in [-0.3, -0.25) is 9.59 Å². The van der Waals surface area contributed by atoms with Crippen molar-refractivity contribution in [3.8, 4) is 0 Å². The Kier molecular flexibility index (Phi) is 9.25. The number of rotatable bonds is 2. The number of hydrogen-bond donors (Lipinski definition) is 3. The molecular weight excluding hydrogens is 532 g/mol. The van der Waals surface area contributed by atoms with E-state index in [1.165, 1.54) is 0 Å². The number of carboxylic acid groups (broad SMARTS) is 1. The Morgan fingerprint density at radius 1 is 1.02 bits per heavy atom. The molecule has 0 radical (unpaired) electrons. The first-order valence-corrected chi connectivity index (χ1v) is 15.0. The second kappa shape index (κ2) is 12.3. The number of esters is 1. The Morgan fingerprint density at radius 2 is 1.68 bits per heavy atom. The van der Waals surface area contributed by atoms with Crippen LogP contribution in [-0.4, -0.2) is 61.5 Å². The van der Waals surface area contributed by atoms with E-state index < -0.39 is 58.2 Å². The van der Waals surface area contributed by atoms with Gasteiger partial charge in [0, 0.05) is 24.0 Å². The molecule has 9 heteroatoms. The van der Waals surface area contributed by atoms with Crippen LogP contribution in [0.2, 0.25) is 0 Å². The molecule has 3 N–H and O–H groups in total. The van der Waals surface area contributed by atoms with E-state index in [9.17, 15) is 34.5 Å². The number of hydrogen-bond acceptors (Lipinski definition) is 8. The number of aliphatic hydroxyl groups excluding tert-OH is 2. The van der Waals surface area contributed by atoms with Crippen molar-refractivity contribution in [2.75, 3.05) is 5.75 Å². The van der Waals surface area contributed by atoms with Gasteiger partial charge in [-0.1, -0.05) is 62.0 Å². The molecule has 0 aromatic carbocycles. The summed E-state index contributed by atoms with van der Waals surface area (Å²) in [6.45, 7) is 5.83. The molecule has 1 saturated heterocycles. The van der Waals surface area contributed by atoms with Crippen molar-refractivity contribution in [1.82, 2.24) is 0 Å². The lowest BCUT2D eigenvalue weighted by Crippen LogP contribution is -2.44. The van der Waals surface area contributed by atoms with Crippen LogP contribution in [0.5, 0.6) is 0 Å². The van der Waals surface area contributed by atoms with Crippen molar-refractivity contribution in [2.45, 2.75) is 69.8 Å². The van der Waals surface area contributed by atoms with Crippen molar-refractivity contribution >= 4 is 35.3 Å². The third-order valence-corrected chi connectivity index (χ3v) is 10.2. The molecule has 0 saturated carbocycles. The molecular formula is C31H38O8S. The molecule has 8 unspecified atom stereocenters. The van der Waals surface area contributed by atoms with Crippen LogP contribution in [0.25, 0.3) is 0 Å². The van der Waals surface area contributed by atoms with Crippen LogP contribution >= 0.6 is 11.8 Å². The van der Waals surface area contributed by atoms with Crippen LogP contribution in [0.4, 0.5) is 0 Å². The second-order valence-corrected chi connectivity index (χ2v) is 12.7. The maximum absolute atomic E-state index is 14.0. The number of allylic oxidation sites excluding steroid dienone is 5. The molecule has 8 atom stereocenters. The van der Waals surface area contributed by atoms with Crippen molar-refractivity contribution < 1.29 is 39.2 Å². The van der Waals surface area contributed by atoms with Crippen LogP contribution in [-0.2, 0) is 23.9 Å². The summed E-state index contributed by atoms with van der Waals surface area (Å²) in [5, 5.41) is 30.4. The highest BCUT2D eigenvalue weighted by Crippen LogP contribution is 2.51. The van der Waals surface area contributed by atoms with Crippen molar-refractivity contribution in [3.63, 3.8) is 0 Å². The summed E-state index contributed by atoms with van der Waals surface area (Å²) in [7, 11) is 0. The number of ether oxygens (including phenoxy) is 1. The minimum absolute atomic E-state index is 0.00628. The number of thioether (sulfide) groups is 1. The van der Waals surface area contributed by atoms with E-state index >= 15 is 0 Å². The molecule has 1 fully saturated rings. The topological polar surface area (TPSA) is 138 Å². The average molecular weight is 571 g/mol. The Labute approximate surface area is 238 Å². The van der Waals surface area contributed by atoms with E-state index in [0.717, 1.165) is 17.3 Å². The molecule has 40 heavy (non-hydrogen) atoms. The first-order chi connectivity index (χ1) is 19.0. The Hall–Kier alpha value is -2.91. The van der Waals surface area contributed by atoms with Gasteiger partial charge in [-0.05, 0) is 50.4 Å². The molecule has 2 bridgehead atoms. The number of carbonyl (C=O) groups excluding carboxylic acids is 3. The molecule has 0 amide bonds. The van der Waals surface area contributed by atoms with Gasteiger partial charge in [0.25, 0.3) is 5.78 Å². The zero-order chi connectivity index (χ0) is 29.2. The third-order valence-electron chi connectivity index (χ3n) is 8.81. The summed E-state index contributed by atoms with van der Waals surface area (Å²) < 4.78 is 5.91. The number of aliphatic carboxylic acids is 1. The predicted octanol–water partition coefficient (Wildman–Crippen LogP) is 4.51. The predicted molar refractivity (Wildman–Crippen MR) is 151 cm³/mol. The Bertz CT molecular complexity index is 1210. The maximum atomic E-state index is 14.0. The Balaban J connectivity index is 1.79. The summed E-state index contributed by atoms with van der Waals surface area (Å²) >= 11 is 1.11. The third kappa shape index (κ3) is 5.77. The quantitative estimate of drug-likeness (QED) is 0.189. The van der Waals surface area contributed by atoms with Crippen LogP contribution in [0.3, 0.4) is 0 Å². The lowest BCUT2D eigenvalue weighted by atomic mass is 9.69. The van der Waals surface area contributed by atoms with Crippen molar-refractivity contribution in [2.24, 2.45) is 29.6 Å². The highest BCUT2D eigenvalue weighted by Gasteiger charge is 2.58. The van der Waals surface area contributed by atoms with E-state index in [2.05, 4.69) is 0 Å². The molecule has 1 spiro atoms. The second-order valence-electron chi connectivity index (χ2n) is 11.5. The van der Waals surface area contributed by atoms with Gasteiger partial charge in [0.2, 0.25) is 0 Å². The molecule has 8 nitrogen and oxygen atoms in total. The van der Waals surface area contributed by atoms with Gasteiger partial charge < -0.3 is 20.1 Å². The van der Waals surface area contributed by atoms with Crippen molar-refractivity contribution in [3.05, 3.63) is 59.4 Å². The van der Waals surface area contributed by atoms with Gasteiger partial charge in [0.15, 0.2) is 17.1 Å². The molecule has 4 rings (SSSR count). The zero-order valence-electron chi connectivity index (χ0n) is 23.1. The summed E-state index contributed by atoms with van der Waals surface area (Å²) in [6.07, 6.45) is 14.8. The zero-order valence-corrected chi connectivity index (χ0v) is 23.9. The van der Waals surface area contributed by atoms with Gasteiger partial charge in [-0.15, -0.1) is 11.8 Å². The molecule has 216 valence electrons. The fraction of sp³-hybridized carbons (Fsp3) is 0.548. The summed E-state index contributed by atoms with van der Waals surface area (Å²) in [5.41, 5.74) is -0.648. The van der Waals surface area contributed by atoms with E-state index in [-0.39, 0.29) is 28.9 Å². The van der Waals surface area contributed by atoms with E-state index in [4.69, 9.17) is 4.74 Å². The smallest absolute Gasteiger partial charge is 0.373 e. The van der Waals surface area contributed by atoms with Crippen LogP contribution in [0.15, 0.2) is 59.4 Å². The molecule has 0 aromatic rings. The first-order valence-electron chi connectivity index (χ1n) is 13.9. The number of fused-ring (bicyclic) bond motifs is 1. The standard InChI is InChI=1S/C31H38O8S/c1-17-10-8-9-13-21(32)12-7-5-4-6-11-20-14-18(2)19(3)15-31(20)28(35)24(30(38)39-31)25(33)22-16-40-27(23(17)22)26(34)29(36)37/h4-9,14,17,19-23,27,32,35H,10-13,15-16H2,1-3H3,(H,36,37)/b6-4-,7-5-,9-8-. The van der Waals surface area contributed by atoms with Crippen LogP contribution < -0.4 is 0 Å². The SMILES string of the molecule is CC1=CC2C/C=C\C=C/CC(O)C/C=C\CC(C)C3C(CSC3C(=O)C(=O)O)C(=O)C3=C(O)C2(CC1C)OC3=O. The van der Waals surface area contributed by atoms with Gasteiger partial charge in [0.05, 0.1) is 11.4 Å². The summed E-state index contributed by atoms with van der Waals surface area (Å²) in [6, 6.07) is 0. The van der Waals surface area contributed by atoms with Gasteiger partial charge in [-0.2, -0.15) is 0 Å². The number of ketones is 2. The summed E-state index contributed by atoms with van der Waals surface area (Å²) in [5.74, 6) is -6.37. The van der Waals surface area contributed by atoms with E-state index in [1.54, 1.807) is 0 Å². The normalized spacial score (nSPS) is 39.5. The lowest BCUT2D eigenvalue weighted by molar-refractivity contribution is -0.154. The minimum Gasteiger partial charge on any atom is -0.507 e. The molecule has 2 aliphatic carbocycles. The van der Waals surface area contributed by atoms with Gasteiger partial charge >= 0.3 is 11.9 Å². The van der Waals surface area contributed by atoms with E-state index in [0.29, 0.717) is 32.1 Å².